The van der Waals surface area contributed by atoms with Crippen molar-refractivity contribution in [3.63, 3.8) is 0 Å². The third-order valence-electron chi connectivity index (χ3n) is 3.70. The number of rotatable bonds is 6. The van der Waals surface area contributed by atoms with Gasteiger partial charge < -0.3 is 15.5 Å². The molecule has 0 aliphatic heterocycles. The van der Waals surface area contributed by atoms with Crippen LogP contribution >= 0.6 is 0 Å². The molecule has 4 nitrogen and oxygen atoms in total. The Bertz CT molecular complexity index is 599. The topological polar surface area (TPSA) is 44.4 Å². The number of nitrogens with zero attached hydrogens (tertiary/aromatic N) is 1. The number of carbonyl (C=O) groups is 1. The van der Waals surface area contributed by atoms with Crippen LogP contribution in [0.3, 0.4) is 0 Å². The highest BCUT2D eigenvalue weighted by Crippen LogP contribution is 2.14. The normalized spacial score (nSPS) is 13.4. The number of benzene rings is 2. The zero-order valence-corrected chi connectivity index (χ0v) is 14.0. The summed E-state index contributed by atoms with van der Waals surface area (Å²) in [6, 6.07) is 19.7. The molecule has 0 spiro atoms. The van der Waals surface area contributed by atoms with Crippen molar-refractivity contribution in [3.8, 4) is 0 Å². The molecule has 0 aliphatic rings. The molecule has 0 heterocycles. The summed E-state index contributed by atoms with van der Waals surface area (Å²) < 4.78 is 0. The van der Waals surface area contributed by atoms with E-state index in [1.165, 1.54) is 0 Å². The van der Waals surface area contributed by atoms with Crippen molar-refractivity contribution in [3.05, 3.63) is 71.8 Å². The van der Waals surface area contributed by atoms with Gasteiger partial charge in [-0.05, 0) is 32.1 Å². The molecule has 0 bridgehead atoms. The van der Waals surface area contributed by atoms with Gasteiger partial charge in [-0.1, -0.05) is 60.7 Å². The minimum atomic E-state index is -0.156. The molecule has 0 fully saturated rings. The van der Waals surface area contributed by atoms with Crippen LogP contribution in [0.2, 0.25) is 0 Å². The number of likely N-dealkylation sites (N-methyl/N-ethyl adjacent to an activating group) is 1. The molecule has 23 heavy (non-hydrogen) atoms. The molecule has 2 unspecified atom stereocenters. The lowest BCUT2D eigenvalue weighted by atomic mass is 10.1. The molecule has 4 heteroatoms. The first-order chi connectivity index (χ1) is 11.1. The highest BCUT2D eigenvalue weighted by Gasteiger charge is 2.16. The number of hydrogen-bond donors (Lipinski definition) is 2. The van der Waals surface area contributed by atoms with Crippen LogP contribution < -0.4 is 10.6 Å². The summed E-state index contributed by atoms with van der Waals surface area (Å²) >= 11 is 0. The van der Waals surface area contributed by atoms with Crippen LogP contribution in [0.5, 0.6) is 0 Å². The van der Waals surface area contributed by atoms with E-state index in [1.807, 2.05) is 81.7 Å². The lowest BCUT2D eigenvalue weighted by Gasteiger charge is -2.24. The van der Waals surface area contributed by atoms with E-state index < -0.39 is 0 Å². The van der Waals surface area contributed by atoms with E-state index in [0.29, 0.717) is 0 Å². The second-order valence-electron chi connectivity index (χ2n) is 5.98. The molecular formula is C19H25N3O. The van der Waals surface area contributed by atoms with E-state index in [2.05, 4.69) is 15.5 Å². The van der Waals surface area contributed by atoms with Crippen molar-refractivity contribution in [1.82, 2.24) is 15.5 Å². The van der Waals surface area contributed by atoms with E-state index >= 15 is 0 Å². The second-order valence-corrected chi connectivity index (χ2v) is 5.98. The fraction of sp³-hybridized carbons (Fsp3) is 0.316. The molecule has 2 amide bonds. The number of urea groups is 1. The summed E-state index contributed by atoms with van der Waals surface area (Å²) in [4.78, 5) is 14.4. The molecular weight excluding hydrogens is 286 g/mol. The number of carbonyl (C=O) groups excluding carboxylic acids is 1. The molecule has 2 atom stereocenters. The van der Waals surface area contributed by atoms with Gasteiger partial charge >= 0.3 is 6.03 Å². The van der Waals surface area contributed by atoms with Gasteiger partial charge in [0.15, 0.2) is 0 Å². The molecule has 2 aromatic carbocycles. The van der Waals surface area contributed by atoms with Gasteiger partial charge in [-0.3, -0.25) is 0 Å². The Labute approximate surface area is 138 Å². The molecule has 2 N–H and O–H groups in total. The molecule has 0 aliphatic carbocycles. The number of amides is 2. The predicted octanol–water partition coefficient (Wildman–Crippen LogP) is 3.35. The van der Waals surface area contributed by atoms with Crippen molar-refractivity contribution < 1.29 is 4.79 Å². The zero-order chi connectivity index (χ0) is 16.7. The maximum absolute atomic E-state index is 12.4. The first-order valence-corrected chi connectivity index (χ1v) is 7.88. The SMILES string of the molecule is CC(NC(=O)NC(CN(C)C)c1ccccc1)c1ccccc1. The summed E-state index contributed by atoms with van der Waals surface area (Å²) in [6.45, 7) is 2.73. The minimum Gasteiger partial charge on any atom is -0.332 e. The van der Waals surface area contributed by atoms with Gasteiger partial charge in [-0.25, -0.2) is 4.79 Å². The Balaban J connectivity index is 2.00. The van der Waals surface area contributed by atoms with Crippen LogP contribution in [0.15, 0.2) is 60.7 Å². The molecule has 0 radical (unpaired) electrons. The van der Waals surface area contributed by atoms with Crippen LogP contribution in [0.25, 0.3) is 0 Å². The largest absolute Gasteiger partial charge is 0.332 e. The van der Waals surface area contributed by atoms with Crippen LogP contribution in [0.4, 0.5) is 4.79 Å². The fourth-order valence-corrected chi connectivity index (χ4v) is 2.51. The lowest BCUT2D eigenvalue weighted by Crippen LogP contribution is -2.42. The highest BCUT2D eigenvalue weighted by molar-refractivity contribution is 5.75. The van der Waals surface area contributed by atoms with Crippen molar-refractivity contribution in [2.45, 2.75) is 19.0 Å². The Morgan fingerprint density at radius 1 is 0.913 bits per heavy atom. The van der Waals surface area contributed by atoms with Gasteiger partial charge in [0.2, 0.25) is 0 Å². The van der Waals surface area contributed by atoms with Crippen molar-refractivity contribution in [1.29, 1.82) is 0 Å². The smallest absolute Gasteiger partial charge is 0.315 e. The Kier molecular flexibility index (Phi) is 6.18. The van der Waals surface area contributed by atoms with Crippen molar-refractivity contribution in [2.75, 3.05) is 20.6 Å². The Morgan fingerprint density at radius 2 is 1.43 bits per heavy atom. The quantitative estimate of drug-likeness (QED) is 0.859. The van der Waals surface area contributed by atoms with Crippen LogP contribution in [-0.2, 0) is 0 Å². The molecule has 2 rings (SSSR count). The molecule has 0 saturated carbocycles. The Hall–Kier alpha value is -2.33. The van der Waals surface area contributed by atoms with Crippen LogP contribution in [0.1, 0.15) is 30.1 Å². The maximum atomic E-state index is 12.4. The average molecular weight is 311 g/mol. The van der Waals surface area contributed by atoms with E-state index in [0.717, 1.165) is 17.7 Å². The first-order valence-electron chi connectivity index (χ1n) is 7.88. The number of nitrogens with one attached hydrogen (secondary N) is 2. The van der Waals surface area contributed by atoms with Gasteiger partial charge in [0.05, 0.1) is 12.1 Å². The Morgan fingerprint density at radius 3 is 1.96 bits per heavy atom. The average Bonchev–Trinajstić information content (AvgIpc) is 2.55. The molecule has 122 valence electrons. The van der Waals surface area contributed by atoms with Gasteiger partial charge in [0, 0.05) is 6.54 Å². The van der Waals surface area contributed by atoms with Gasteiger partial charge in [-0.15, -0.1) is 0 Å². The summed E-state index contributed by atoms with van der Waals surface area (Å²) in [5.41, 5.74) is 2.19. The van der Waals surface area contributed by atoms with Crippen LogP contribution in [0, 0.1) is 0 Å². The van der Waals surface area contributed by atoms with E-state index in [-0.39, 0.29) is 18.1 Å². The van der Waals surface area contributed by atoms with E-state index in [1.54, 1.807) is 0 Å². The van der Waals surface area contributed by atoms with Gasteiger partial charge in [-0.2, -0.15) is 0 Å². The van der Waals surface area contributed by atoms with E-state index in [4.69, 9.17) is 0 Å². The predicted molar refractivity (Wildman–Crippen MR) is 94.3 cm³/mol. The third kappa shape index (κ3) is 5.42. The summed E-state index contributed by atoms with van der Waals surface area (Å²) in [6.07, 6.45) is 0. The number of hydrogen-bond acceptors (Lipinski definition) is 2. The van der Waals surface area contributed by atoms with Crippen LogP contribution in [-0.4, -0.2) is 31.6 Å². The lowest BCUT2D eigenvalue weighted by molar-refractivity contribution is 0.230. The fourth-order valence-electron chi connectivity index (χ4n) is 2.51. The van der Waals surface area contributed by atoms with Gasteiger partial charge in [0.1, 0.15) is 0 Å². The molecule has 0 saturated heterocycles. The van der Waals surface area contributed by atoms with Gasteiger partial charge in [0.25, 0.3) is 0 Å². The second kappa shape index (κ2) is 8.34. The van der Waals surface area contributed by atoms with Crippen molar-refractivity contribution in [2.24, 2.45) is 0 Å². The monoisotopic (exact) mass is 311 g/mol. The maximum Gasteiger partial charge on any atom is 0.315 e. The third-order valence-corrected chi connectivity index (χ3v) is 3.70. The van der Waals surface area contributed by atoms with Crippen molar-refractivity contribution >= 4 is 6.03 Å². The molecule has 0 aromatic heterocycles. The summed E-state index contributed by atoms with van der Waals surface area (Å²) in [5, 5.41) is 6.07. The standard InChI is InChI=1S/C19H25N3O/c1-15(16-10-6-4-7-11-16)20-19(23)21-18(14-22(2)3)17-12-8-5-9-13-17/h4-13,15,18H,14H2,1-3H3,(H2,20,21,23). The summed E-state index contributed by atoms with van der Waals surface area (Å²) in [7, 11) is 4.00. The zero-order valence-electron chi connectivity index (χ0n) is 14.0. The summed E-state index contributed by atoms with van der Waals surface area (Å²) in [5.74, 6) is 0. The highest BCUT2D eigenvalue weighted by atomic mass is 16.2. The first kappa shape index (κ1) is 17.0. The molecule has 2 aromatic rings. The van der Waals surface area contributed by atoms with E-state index in [9.17, 15) is 4.79 Å². The minimum absolute atomic E-state index is 0.0352.